The second-order valence-corrected chi connectivity index (χ2v) is 8.12. The molecule has 154 valence electrons. The highest BCUT2D eigenvalue weighted by Gasteiger charge is 2.17. The molecule has 3 N–H and O–H groups in total. The van der Waals surface area contributed by atoms with Gasteiger partial charge in [-0.1, -0.05) is 29.8 Å². The van der Waals surface area contributed by atoms with Crippen LogP contribution in [0, 0.1) is 0 Å². The van der Waals surface area contributed by atoms with Crippen LogP contribution in [0.1, 0.15) is 10.9 Å². The molecule has 0 bridgehead atoms. The van der Waals surface area contributed by atoms with Crippen molar-refractivity contribution in [2.45, 2.75) is 12.6 Å². The van der Waals surface area contributed by atoms with Crippen molar-refractivity contribution in [3.8, 4) is 11.3 Å². The molecule has 0 radical (unpaired) electrons. The largest absolute Gasteiger partial charge is 0.394 e. The number of halogens is 1. The lowest BCUT2D eigenvalue weighted by atomic mass is 10.1. The van der Waals surface area contributed by atoms with Crippen LogP contribution in [-0.2, 0) is 6.54 Å². The highest BCUT2D eigenvalue weighted by Crippen LogP contribution is 2.25. The molecule has 0 aliphatic rings. The topological polar surface area (TPSA) is 82.4 Å². The zero-order valence-electron chi connectivity index (χ0n) is 16.3. The molecule has 2 amide bonds. The summed E-state index contributed by atoms with van der Waals surface area (Å²) in [6.07, 6.45) is 0. The molecule has 2 aromatic heterocycles. The predicted octanol–water partition coefficient (Wildman–Crippen LogP) is 3.68. The van der Waals surface area contributed by atoms with Crippen molar-refractivity contribution >= 4 is 34.8 Å². The summed E-state index contributed by atoms with van der Waals surface area (Å²) in [5.41, 5.74) is 1.50. The molecule has 7 nitrogen and oxygen atoms in total. The second kappa shape index (κ2) is 9.89. The number of hydrogen-bond donors (Lipinski definition) is 3. The Labute approximate surface area is 178 Å². The number of carbonyl (C=O) groups is 1. The Kier molecular flexibility index (Phi) is 7.27. The Balaban J connectivity index is 1.70. The molecule has 2 heterocycles. The minimum Gasteiger partial charge on any atom is -0.394 e. The molecule has 9 heteroatoms. The minimum atomic E-state index is -0.329. The third kappa shape index (κ3) is 5.57. The van der Waals surface area contributed by atoms with Gasteiger partial charge in [-0.2, -0.15) is 5.10 Å². The van der Waals surface area contributed by atoms with Gasteiger partial charge in [-0.25, -0.2) is 9.48 Å². The highest BCUT2D eigenvalue weighted by atomic mass is 35.5. The first-order valence-electron chi connectivity index (χ1n) is 9.17. The second-order valence-electron chi connectivity index (χ2n) is 6.70. The lowest BCUT2D eigenvalue weighted by molar-refractivity contribution is 0.243. The monoisotopic (exact) mass is 433 g/mol. The van der Waals surface area contributed by atoms with Crippen molar-refractivity contribution in [2.75, 3.05) is 32.6 Å². The van der Waals surface area contributed by atoms with Crippen LogP contribution in [0.15, 0.2) is 47.8 Å². The summed E-state index contributed by atoms with van der Waals surface area (Å²) in [4.78, 5) is 15.8. The smallest absolute Gasteiger partial charge is 0.320 e. The summed E-state index contributed by atoms with van der Waals surface area (Å²) >= 11 is 7.73. The lowest BCUT2D eigenvalue weighted by Crippen LogP contribution is -2.37. The third-order valence-corrected chi connectivity index (χ3v) is 5.61. The molecular weight excluding hydrogens is 410 g/mol. The summed E-state index contributed by atoms with van der Waals surface area (Å²) in [5.74, 6) is 0.504. The Bertz CT molecular complexity index is 942. The number of likely N-dealkylation sites (N-methyl/N-ethyl adjacent to an activating group) is 1. The molecule has 3 aromatic rings. The zero-order chi connectivity index (χ0) is 20.8. The molecule has 0 saturated carbocycles. The van der Waals surface area contributed by atoms with Gasteiger partial charge in [-0.3, -0.25) is 5.32 Å². The van der Waals surface area contributed by atoms with Gasteiger partial charge in [-0.15, -0.1) is 11.3 Å². The van der Waals surface area contributed by atoms with Crippen LogP contribution in [0.5, 0.6) is 0 Å². The standard InChI is InChI=1S/C20H24ClN5O2S/c1-25(2)17(18-7-4-10-29-18)13-22-20(28)23-19-12-16(24-26(19)8-9-27)14-5-3-6-15(21)11-14/h3-7,10-12,17,27H,8-9,13H2,1-2H3,(H2,22,23,28). The lowest BCUT2D eigenvalue weighted by Gasteiger charge is -2.23. The van der Waals surface area contributed by atoms with E-state index >= 15 is 0 Å². The van der Waals surface area contributed by atoms with Crippen LogP contribution in [-0.4, -0.2) is 53.1 Å². The van der Waals surface area contributed by atoms with Gasteiger partial charge in [0.1, 0.15) is 5.82 Å². The molecular formula is C20H24ClN5O2S. The van der Waals surface area contributed by atoms with Crippen LogP contribution in [0.25, 0.3) is 11.3 Å². The number of benzene rings is 1. The van der Waals surface area contributed by atoms with Gasteiger partial charge in [0, 0.05) is 28.1 Å². The number of nitrogens with one attached hydrogen (secondary N) is 2. The van der Waals surface area contributed by atoms with E-state index in [0.717, 1.165) is 5.56 Å². The predicted molar refractivity (Wildman–Crippen MR) is 118 cm³/mol. The number of aromatic nitrogens is 2. The van der Waals surface area contributed by atoms with E-state index in [4.69, 9.17) is 11.6 Å². The molecule has 1 atom stereocenters. The number of aliphatic hydroxyl groups excluding tert-OH is 1. The quantitative estimate of drug-likeness (QED) is 0.506. The number of hydrogen-bond acceptors (Lipinski definition) is 5. The number of carbonyl (C=O) groups excluding carboxylic acids is 1. The SMILES string of the molecule is CN(C)C(CNC(=O)Nc1cc(-c2cccc(Cl)c2)nn1CCO)c1cccs1. The average Bonchev–Trinajstić information content (AvgIpc) is 3.33. The van der Waals surface area contributed by atoms with E-state index in [1.165, 1.54) is 4.88 Å². The van der Waals surface area contributed by atoms with Gasteiger partial charge in [0.2, 0.25) is 0 Å². The number of anilines is 1. The molecule has 0 fully saturated rings. The van der Waals surface area contributed by atoms with Gasteiger partial charge in [0.05, 0.1) is 24.9 Å². The molecule has 1 unspecified atom stereocenters. The van der Waals surface area contributed by atoms with E-state index in [1.54, 1.807) is 34.2 Å². The fourth-order valence-corrected chi connectivity index (χ4v) is 4.05. The first kappa shape index (κ1) is 21.3. The Morgan fingerprint density at radius 1 is 1.31 bits per heavy atom. The maximum Gasteiger partial charge on any atom is 0.320 e. The van der Waals surface area contributed by atoms with Crippen LogP contribution in [0.4, 0.5) is 10.6 Å². The van der Waals surface area contributed by atoms with Crippen molar-refractivity contribution in [2.24, 2.45) is 0 Å². The molecule has 0 saturated heterocycles. The van der Waals surface area contributed by atoms with Crippen molar-refractivity contribution in [3.05, 3.63) is 57.7 Å². The molecule has 0 aliphatic heterocycles. The Morgan fingerprint density at radius 2 is 2.14 bits per heavy atom. The van der Waals surface area contributed by atoms with Crippen LogP contribution >= 0.6 is 22.9 Å². The summed E-state index contributed by atoms with van der Waals surface area (Å²) in [5, 5.41) is 22.2. The van der Waals surface area contributed by atoms with E-state index in [-0.39, 0.29) is 25.2 Å². The van der Waals surface area contributed by atoms with Gasteiger partial charge in [0.15, 0.2) is 0 Å². The third-order valence-electron chi connectivity index (χ3n) is 4.40. The fraction of sp³-hybridized carbons (Fsp3) is 0.300. The maximum atomic E-state index is 12.5. The zero-order valence-corrected chi connectivity index (χ0v) is 17.9. The van der Waals surface area contributed by atoms with Crippen molar-refractivity contribution in [3.63, 3.8) is 0 Å². The fourth-order valence-electron chi connectivity index (χ4n) is 2.94. The normalized spacial score (nSPS) is 12.2. The summed E-state index contributed by atoms with van der Waals surface area (Å²) in [6.45, 7) is 0.647. The van der Waals surface area contributed by atoms with E-state index < -0.39 is 0 Å². The Morgan fingerprint density at radius 3 is 2.79 bits per heavy atom. The Hall–Kier alpha value is -2.39. The van der Waals surface area contributed by atoms with Gasteiger partial charge >= 0.3 is 6.03 Å². The molecule has 3 rings (SSSR count). The molecule has 0 aliphatic carbocycles. The van der Waals surface area contributed by atoms with E-state index in [9.17, 15) is 9.90 Å². The van der Waals surface area contributed by atoms with Crippen LogP contribution < -0.4 is 10.6 Å². The van der Waals surface area contributed by atoms with Gasteiger partial charge < -0.3 is 15.3 Å². The van der Waals surface area contributed by atoms with E-state index in [2.05, 4.69) is 26.7 Å². The van der Waals surface area contributed by atoms with Crippen LogP contribution in [0.2, 0.25) is 5.02 Å². The van der Waals surface area contributed by atoms with E-state index in [1.807, 2.05) is 37.7 Å². The number of aliphatic hydroxyl groups is 1. The van der Waals surface area contributed by atoms with Crippen molar-refractivity contribution < 1.29 is 9.90 Å². The molecule has 29 heavy (non-hydrogen) atoms. The number of urea groups is 1. The average molecular weight is 434 g/mol. The molecule has 0 spiro atoms. The van der Waals surface area contributed by atoms with Gasteiger partial charge in [0.25, 0.3) is 0 Å². The van der Waals surface area contributed by atoms with Gasteiger partial charge in [-0.05, 0) is 37.7 Å². The summed E-state index contributed by atoms with van der Waals surface area (Å²) in [7, 11) is 3.97. The minimum absolute atomic E-state index is 0.0881. The summed E-state index contributed by atoms with van der Waals surface area (Å²) in [6, 6.07) is 12.9. The number of thiophene rings is 1. The highest BCUT2D eigenvalue weighted by molar-refractivity contribution is 7.10. The van der Waals surface area contributed by atoms with E-state index in [0.29, 0.717) is 23.1 Å². The molecule has 1 aromatic carbocycles. The van der Waals surface area contributed by atoms with Crippen LogP contribution in [0.3, 0.4) is 0 Å². The number of amides is 2. The maximum absolute atomic E-state index is 12.5. The summed E-state index contributed by atoms with van der Waals surface area (Å²) < 4.78 is 1.57. The number of nitrogens with zero attached hydrogens (tertiary/aromatic N) is 3. The van der Waals surface area contributed by atoms with Crippen molar-refractivity contribution in [1.82, 2.24) is 20.0 Å². The van der Waals surface area contributed by atoms with Crippen molar-refractivity contribution in [1.29, 1.82) is 0 Å². The first-order chi connectivity index (χ1) is 14.0. The number of rotatable bonds is 8. The first-order valence-corrected chi connectivity index (χ1v) is 10.4.